The Morgan fingerprint density at radius 1 is 1.09 bits per heavy atom. The van der Waals surface area contributed by atoms with E-state index in [1.807, 2.05) is 49.4 Å². The monoisotopic (exact) mass is 466 g/mol. The first-order valence-corrected chi connectivity index (χ1v) is 11.2. The number of aromatic nitrogens is 1. The highest BCUT2D eigenvalue weighted by atomic mass is 19.1. The highest BCUT2D eigenvalue weighted by Gasteiger charge is 2.35. The lowest BCUT2D eigenvalue weighted by molar-refractivity contribution is 0.159. The van der Waals surface area contributed by atoms with Gasteiger partial charge in [-0.25, -0.2) is 13.6 Å². The maximum atomic E-state index is 13.9. The van der Waals surface area contributed by atoms with Gasteiger partial charge in [-0.05, 0) is 36.8 Å². The van der Waals surface area contributed by atoms with Gasteiger partial charge in [0.1, 0.15) is 11.6 Å². The fourth-order valence-electron chi connectivity index (χ4n) is 4.36. The zero-order valence-electron chi connectivity index (χ0n) is 19.2. The highest BCUT2D eigenvalue weighted by molar-refractivity contribution is 5.93. The molecule has 1 aromatic heterocycles. The molecule has 1 aliphatic heterocycles. The second-order valence-electron chi connectivity index (χ2n) is 8.48. The molecule has 1 fully saturated rings. The van der Waals surface area contributed by atoms with Gasteiger partial charge in [-0.3, -0.25) is 9.88 Å². The number of benzene rings is 2. The summed E-state index contributed by atoms with van der Waals surface area (Å²) in [6.45, 7) is 4.17. The summed E-state index contributed by atoms with van der Waals surface area (Å²) in [5.41, 5.74) is 3.50. The molecule has 0 bridgehead atoms. The molecule has 1 saturated heterocycles. The Kier molecular flexibility index (Phi) is 7.49. The number of anilines is 1. The maximum absolute atomic E-state index is 13.9. The van der Waals surface area contributed by atoms with E-state index in [0.29, 0.717) is 43.2 Å². The lowest BCUT2D eigenvalue weighted by Crippen LogP contribution is -2.42. The number of nitrogens with one attached hydrogen (secondary N) is 2. The van der Waals surface area contributed by atoms with Crippen LogP contribution < -0.4 is 10.6 Å². The van der Waals surface area contributed by atoms with E-state index in [2.05, 4.69) is 20.5 Å². The second kappa shape index (κ2) is 10.7. The third-order valence-electron chi connectivity index (χ3n) is 5.97. The van der Waals surface area contributed by atoms with E-state index in [1.165, 1.54) is 12.1 Å². The summed E-state index contributed by atoms with van der Waals surface area (Å²) in [5.74, 6) is -1.53. The molecule has 2 unspecified atom stereocenters. The summed E-state index contributed by atoms with van der Waals surface area (Å²) >= 11 is 0. The molecule has 8 heteroatoms. The number of halogens is 2. The number of urea groups is 1. The van der Waals surface area contributed by atoms with Crippen molar-refractivity contribution in [3.63, 3.8) is 0 Å². The Balaban J connectivity index is 1.54. The van der Waals surface area contributed by atoms with E-state index in [1.54, 1.807) is 7.11 Å². The molecule has 2 atom stereocenters. The van der Waals surface area contributed by atoms with Crippen LogP contribution in [0.3, 0.4) is 0 Å². The number of carbonyl (C=O) groups is 1. The summed E-state index contributed by atoms with van der Waals surface area (Å²) < 4.78 is 33.0. The number of likely N-dealkylation sites (tertiary alicyclic amines) is 1. The van der Waals surface area contributed by atoms with Crippen LogP contribution in [0, 0.1) is 18.6 Å². The molecular weight excluding hydrogens is 438 g/mol. The summed E-state index contributed by atoms with van der Waals surface area (Å²) in [7, 11) is 1.62. The van der Waals surface area contributed by atoms with E-state index in [4.69, 9.17) is 4.74 Å². The fraction of sp³-hybridized carbons (Fsp3) is 0.308. The zero-order valence-corrected chi connectivity index (χ0v) is 19.2. The Morgan fingerprint density at radius 3 is 2.53 bits per heavy atom. The molecule has 3 aromatic rings. The topological polar surface area (TPSA) is 66.5 Å². The molecule has 0 spiro atoms. The van der Waals surface area contributed by atoms with Gasteiger partial charge in [0.2, 0.25) is 0 Å². The molecule has 0 aliphatic carbocycles. The van der Waals surface area contributed by atoms with Gasteiger partial charge in [0.05, 0.1) is 24.0 Å². The normalized spacial score (nSPS) is 18.1. The van der Waals surface area contributed by atoms with Crippen molar-refractivity contribution in [3.8, 4) is 11.3 Å². The van der Waals surface area contributed by atoms with Crippen LogP contribution in [0.25, 0.3) is 11.3 Å². The van der Waals surface area contributed by atoms with E-state index in [9.17, 15) is 13.6 Å². The maximum Gasteiger partial charge on any atom is 0.319 e. The van der Waals surface area contributed by atoms with Crippen molar-refractivity contribution in [2.45, 2.75) is 18.9 Å². The number of amides is 2. The van der Waals surface area contributed by atoms with Gasteiger partial charge in [-0.2, -0.15) is 0 Å². The lowest BCUT2D eigenvalue weighted by atomic mass is 9.94. The SMILES string of the molecule is COCCN1CC(NC(=O)Nc2ccc(C)nc2-c2ccccc2)C(c2cc(F)cc(F)c2)C1. The number of nitrogens with zero attached hydrogens (tertiary/aromatic N) is 2. The number of hydrogen-bond acceptors (Lipinski definition) is 4. The Bertz CT molecular complexity index is 1120. The summed E-state index contributed by atoms with van der Waals surface area (Å²) in [5, 5.41) is 5.92. The Labute approximate surface area is 198 Å². The van der Waals surface area contributed by atoms with Crippen molar-refractivity contribution >= 4 is 11.7 Å². The average molecular weight is 467 g/mol. The van der Waals surface area contributed by atoms with Gasteiger partial charge in [-0.15, -0.1) is 0 Å². The molecule has 0 saturated carbocycles. The van der Waals surface area contributed by atoms with E-state index >= 15 is 0 Å². The van der Waals surface area contributed by atoms with Crippen molar-refractivity contribution in [3.05, 3.63) is 83.6 Å². The molecule has 1 aliphatic rings. The van der Waals surface area contributed by atoms with Crippen molar-refractivity contribution in [1.82, 2.24) is 15.2 Å². The fourth-order valence-corrected chi connectivity index (χ4v) is 4.36. The predicted octanol–water partition coefficient (Wildman–Crippen LogP) is 4.57. The standard InChI is InChI=1S/C26H28F2N4O2/c1-17-8-9-23(25(29-17)18-6-4-3-5-7-18)30-26(33)31-24-16-32(10-11-34-2)15-22(24)19-12-20(27)14-21(28)13-19/h3-9,12-14,22,24H,10-11,15-16H2,1-2H3,(H2,30,31,33). The Hall–Kier alpha value is -3.36. The average Bonchev–Trinajstić information content (AvgIpc) is 3.21. The first-order valence-electron chi connectivity index (χ1n) is 11.2. The molecule has 2 amide bonds. The number of carbonyl (C=O) groups excluding carboxylic acids is 1. The molecule has 2 heterocycles. The minimum Gasteiger partial charge on any atom is -0.383 e. The number of pyridine rings is 1. The highest BCUT2D eigenvalue weighted by Crippen LogP contribution is 2.30. The minimum absolute atomic E-state index is 0.266. The van der Waals surface area contributed by atoms with E-state index in [-0.39, 0.29) is 12.0 Å². The summed E-state index contributed by atoms with van der Waals surface area (Å²) in [4.78, 5) is 19.8. The third kappa shape index (κ3) is 5.76. The molecular formula is C26H28F2N4O2. The quantitative estimate of drug-likeness (QED) is 0.535. The minimum atomic E-state index is -0.633. The van der Waals surface area contributed by atoms with Crippen molar-refractivity contribution < 1.29 is 18.3 Å². The van der Waals surface area contributed by atoms with Crippen molar-refractivity contribution in [2.75, 3.05) is 38.7 Å². The second-order valence-corrected chi connectivity index (χ2v) is 8.48. The van der Waals surface area contributed by atoms with E-state index in [0.717, 1.165) is 17.3 Å². The van der Waals surface area contributed by atoms with Gasteiger partial charge in [0.25, 0.3) is 0 Å². The van der Waals surface area contributed by atoms with Gasteiger partial charge in [0.15, 0.2) is 0 Å². The lowest BCUT2D eigenvalue weighted by Gasteiger charge is -2.21. The molecule has 34 heavy (non-hydrogen) atoms. The van der Waals surface area contributed by atoms with Gasteiger partial charge < -0.3 is 15.4 Å². The summed E-state index contributed by atoms with van der Waals surface area (Å²) in [6, 6.07) is 16.1. The first-order chi connectivity index (χ1) is 16.4. The van der Waals surface area contributed by atoms with Crippen LogP contribution >= 0.6 is 0 Å². The largest absolute Gasteiger partial charge is 0.383 e. The molecule has 6 nitrogen and oxygen atoms in total. The summed E-state index contributed by atoms with van der Waals surface area (Å²) in [6.07, 6.45) is 0. The number of aryl methyl sites for hydroxylation is 1. The third-order valence-corrected chi connectivity index (χ3v) is 5.97. The van der Waals surface area contributed by atoms with Crippen LogP contribution in [0.15, 0.2) is 60.7 Å². The number of hydrogen-bond donors (Lipinski definition) is 2. The van der Waals surface area contributed by atoms with Crippen LogP contribution in [-0.2, 0) is 4.74 Å². The molecule has 2 aromatic carbocycles. The van der Waals surface area contributed by atoms with Crippen LogP contribution in [0.4, 0.5) is 19.3 Å². The first kappa shape index (κ1) is 23.8. The van der Waals surface area contributed by atoms with Crippen molar-refractivity contribution in [1.29, 1.82) is 0 Å². The van der Waals surface area contributed by atoms with Crippen LogP contribution in [0.5, 0.6) is 0 Å². The molecule has 2 N–H and O–H groups in total. The Morgan fingerprint density at radius 2 is 1.82 bits per heavy atom. The number of methoxy groups -OCH3 is 1. The van der Waals surface area contributed by atoms with Crippen LogP contribution in [0.2, 0.25) is 0 Å². The molecule has 178 valence electrons. The van der Waals surface area contributed by atoms with Crippen molar-refractivity contribution in [2.24, 2.45) is 0 Å². The van der Waals surface area contributed by atoms with Crippen LogP contribution in [0.1, 0.15) is 17.2 Å². The zero-order chi connectivity index (χ0) is 24.1. The number of rotatable bonds is 7. The number of ether oxygens (including phenoxy) is 1. The van der Waals surface area contributed by atoms with Gasteiger partial charge in [0, 0.05) is 50.0 Å². The molecule has 4 rings (SSSR count). The van der Waals surface area contributed by atoms with E-state index < -0.39 is 17.7 Å². The van der Waals surface area contributed by atoms with Gasteiger partial charge >= 0.3 is 6.03 Å². The smallest absolute Gasteiger partial charge is 0.319 e. The van der Waals surface area contributed by atoms with Gasteiger partial charge in [-0.1, -0.05) is 30.3 Å². The molecule has 0 radical (unpaired) electrons. The predicted molar refractivity (Wildman–Crippen MR) is 128 cm³/mol. The van der Waals surface area contributed by atoms with Crippen LogP contribution in [-0.4, -0.2) is 55.3 Å².